The van der Waals surface area contributed by atoms with Crippen LogP contribution in [-0.2, 0) is 0 Å². The van der Waals surface area contributed by atoms with Crippen molar-refractivity contribution >= 4 is 12.2 Å². The monoisotopic (exact) mass is 202 g/mol. The molecular weight excluding hydrogens is 184 g/mol. The van der Waals surface area contributed by atoms with Crippen LogP contribution in [0, 0.1) is 12.8 Å². The summed E-state index contributed by atoms with van der Waals surface area (Å²) in [5.74, 6) is 1.29. The average molecular weight is 202 g/mol. The quantitative estimate of drug-likeness (QED) is 0.638. The molecular formula is C13H18N2. The Labute approximate surface area is 91.1 Å². The largest absolute Gasteiger partial charge is 0.241 e. The molecule has 0 saturated carbocycles. The van der Waals surface area contributed by atoms with E-state index in [4.69, 9.17) is 0 Å². The SMILES string of the molecule is CC.Cc1ncc2c(n1)=CC=CC(C)C=2. The lowest BCUT2D eigenvalue weighted by Crippen LogP contribution is -2.29. The molecule has 1 aromatic rings. The lowest BCUT2D eigenvalue weighted by atomic mass is 10.1. The molecule has 2 nitrogen and oxygen atoms in total. The number of allylic oxidation sites excluding steroid dienone is 2. The smallest absolute Gasteiger partial charge is 0.125 e. The van der Waals surface area contributed by atoms with Gasteiger partial charge in [0.1, 0.15) is 5.82 Å². The summed E-state index contributed by atoms with van der Waals surface area (Å²) >= 11 is 0. The lowest BCUT2D eigenvalue weighted by molar-refractivity contribution is 0.975. The van der Waals surface area contributed by atoms with Gasteiger partial charge in [0.15, 0.2) is 0 Å². The van der Waals surface area contributed by atoms with Gasteiger partial charge in [-0.3, -0.25) is 0 Å². The molecule has 80 valence electrons. The summed E-state index contributed by atoms with van der Waals surface area (Å²) in [6, 6.07) is 0. The molecule has 1 aliphatic carbocycles. The zero-order chi connectivity index (χ0) is 11.3. The van der Waals surface area contributed by atoms with E-state index in [0.29, 0.717) is 5.92 Å². The van der Waals surface area contributed by atoms with E-state index < -0.39 is 0 Å². The number of hydrogen-bond acceptors (Lipinski definition) is 2. The maximum absolute atomic E-state index is 4.36. The van der Waals surface area contributed by atoms with Gasteiger partial charge in [0.05, 0.1) is 5.35 Å². The van der Waals surface area contributed by atoms with E-state index in [1.807, 2.05) is 33.0 Å². The highest BCUT2D eigenvalue weighted by Gasteiger charge is 1.96. The summed E-state index contributed by atoms with van der Waals surface area (Å²) in [5.41, 5.74) is 0. The predicted octanol–water partition coefficient (Wildman–Crippen LogP) is 1.58. The summed E-state index contributed by atoms with van der Waals surface area (Å²) in [4.78, 5) is 8.54. The highest BCUT2D eigenvalue weighted by atomic mass is 14.8. The molecule has 0 radical (unpaired) electrons. The number of fused-ring (bicyclic) bond motifs is 1. The maximum Gasteiger partial charge on any atom is 0.125 e. The summed E-state index contributed by atoms with van der Waals surface area (Å²) in [6.45, 7) is 8.06. The highest BCUT2D eigenvalue weighted by Crippen LogP contribution is 1.99. The van der Waals surface area contributed by atoms with Gasteiger partial charge >= 0.3 is 0 Å². The van der Waals surface area contributed by atoms with Crippen molar-refractivity contribution in [1.82, 2.24) is 9.97 Å². The van der Waals surface area contributed by atoms with Crippen LogP contribution in [0.5, 0.6) is 0 Å². The van der Waals surface area contributed by atoms with Gasteiger partial charge in [0.2, 0.25) is 0 Å². The Morgan fingerprint density at radius 3 is 2.73 bits per heavy atom. The van der Waals surface area contributed by atoms with Crippen LogP contribution < -0.4 is 10.6 Å². The Hall–Kier alpha value is -1.44. The van der Waals surface area contributed by atoms with E-state index in [0.717, 1.165) is 16.4 Å². The fraction of sp³-hybridized carbons (Fsp3) is 0.385. The predicted molar refractivity (Wildman–Crippen MR) is 64.6 cm³/mol. The van der Waals surface area contributed by atoms with Crippen LogP contribution in [0.15, 0.2) is 18.3 Å². The van der Waals surface area contributed by atoms with Crippen molar-refractivity contribution in [1.29, 1.82) is 0 Å². The second-order valence-corrected chi connectivity index (χ2v) is 3.34. The fourth-order valence-corrected chi connectivity index (χ4v) is 1.42. The average Bonchev–Trinajstić information content (AvgIpc) is 2.42. The molecule has 1 atom stereocenters. The zero-order valence-electron chi connectivity index (χ0n) is 9.86. The Bertz CT molecular complexity index is 458. The first-order valence-electron chi connectivity index (χ1n) is 5.46. The third kappa shape index (κ3) is 3.01. The van der Waals surface area contributed by atoms with Crippen molar-refractivity contribution in [3.05, 3.63) is 34.7 Å². The zero-order valence-corrected chi connectivity index (χ0v) is 9.86. The van der Waals surface area contributed by atoms with E-state index in [1.165, 1.54) is 0 Å². The first-order valence-corrected chi connectivity index (χ1v) is 5.46. The minimum absolute atomic E-state index is 0.462. The molecule has 0 amide bonds. The van der Waals surface area contributed by atoms with Crippen molar-refractivity contribution in [3.8, 4) is 0 Å². The number of aryl methyl sites for hydroxylation is 1. The van der Waals surface area contributed by atoms with Gasteiger partial charge in [-0.05, 0) is 18.9 Å². The highest BCUT2D eigenvalue weighted by molar-refractivity contribution is 5.43. The molecule has 2 heteroatoms. The molecule has 1 unspecified atom stereocenters. The van der Waals surface area contributed by atoms with Crippen molar-refractivity contribution < 1.29 is 0 Å². The molecule has 0 aromatic carbocycles. The minimum atomic E-state index is 0.462. The van der Waals surface area contributed by atoms with Gasteiger partial charge in [0.25, 0.3) is 0 Å². The van der Waals surface area contributed by atoms with Crippen molar-refractivity contribution in [2.75, 3.05) is 0 Å². The summed E-state index contributed by atoms with van der Waals surface area (Å²) in [6.07, 6.45) is 10.3. The molecule has 1 aromatic heterocycles. The van der Waals surface area contributed by atoms with Gasteiger partial charge in [-0.15, -0.1) is 0 Å². The Balaban J connectivity index is 0.000000531. The van der Waals surface area contributed by atoms with Crippen LogP contribution in [0.1, 0.15) is 26.6 Å². The topological polar surface area (TPSA) is 25.8 Å². The van der Waals surface area contributed by atoms with E-state index in [-0.39, 0.29) is 0 Å². The lowest BCUT2D eigenvalue weighted by Gasteiger charge is -1.94. The maximum atomic E-state index is 4.36. The number of aromatic nitrogens is 2. The number of rotatable bonds is 0. The molecule has 0 aliphatic heterocycles. The summed E-state index contributed by atoms with van der Waals surface area (Å²) in [7, 11) is 0. The molecule has 1 heterocycles. The molecule has 0 spiro atoms. The fourth-order valence-electron chi connectivity index (χ4n) is 1.42. The van der Waals surface area contributed by atoms with Crippen LogP contribution in [0.4, 0.5) is 0 Å². The number of hydrogen-bond donors (Lipinski definition) is 0. The van der Waals surface area contributed by atoms with Crippen LogP contribution >= 0.6 is 0 Å². The first kappa shape index (κ1) is 11.6. The molecule has 15 heavy (non-hydrogen) atoms. The second-order valence-electron chi connectivity index (χ2n) is 3.34. The van der Waals surface area contributed by atoms with Crippen LogP contribution in [0.3, 0.4) is 0 Å². The third-order valence-electron chi connectivity index (χ3n) is 2.08. The van der Waals surface area contributed by atoms with Crippen molar-refractivity contribution in [2.24, 2.45) is 5.92 Å². The Morgan fingerprint density at radius 1 is 1.27 bits per heavy atom. The van der Waals surface area contributed by atoms with Crippen molar-refractivity contribution in [2.45, 2.75) is 27.7 Å². The number of nitrogens with zero attached hydrogens (tertiary/aromatic N) is 2. The van der Waals surface area contributed by atoms with Gasteiger partial charge in [-0.25, -0.2) is 9.97 Å². The van der Waals surface area contributed by atoms with Gasteiger partial charge in [-0.1, -0.05) is 39.0 Å². The van der Waals surface area contributed by atoms with E-state index in [9.17, 15) is 0 Å². The van der Waals surface area contributed by atoms with E-state index in [1.54, 1.807) is 0 Å². The molecule has 0 fully saturated rings. The molecule has 0 saturated heterocycles. The summed E-state index contributed by atoms with van der Waals surface area (Å²) in [5, 5.41) is 2.15. The molecule has 1 aliphatic rings. The second kappa shape index (κ2) is 5.44. The van der Waals surface area contributed by atoms with Crippen LogP contribution in [0.2, 0.25) is 0 Å². The van der Waals surface area contributed by atoms with Gasteiger partial charge < -0.3 is 0 Å². The Kier molecular flexibility index (Phi) is 4.22. The van der Waals surface area contributed by atoms with Crippen LogP contribution in [-0.4, -0.2) is 9.97 Å². The van der Waals surface area contributed by atoms with Crippen LogP contribution in [0.25, 0.3) is 12.2 Å². The minimum Gasteiger partial charge on any atom is -0.241 e. The van der Waals surface area contributed by atoms with Gasteiger partial charge in [-0.2, -0.15) is 0 Å². The molecule has 2 rings (SSSR count). The molecule has 0 N–H and O–H groups in total. The third-order valence-corrected chi connectivity index (χ3v) is 2.08. The van der Waals surface area contributed by atoms with E-state index in [2.05, 4.69) is 35.1 Å². The molecule has 0 bridgehead atoms. The van der Waals surface area contributed by atoms with E-state index >= 15 is 0 Å². The Morgan fingerprint density at radius 2 is 2.00 bits per heavy atom. The van der Waals surface area contributed by atoms with Gasteiger partial charge in [0, 0.05) is 11.4 Å². The first-order chi connectivity index (χ1) is 7.25. The van der Waals surface area contributed by atoms with Crippen molar-refractivity contribution in [3.63, 3.8) is 0 Å². The normalized spacial score (nSPS) is 17.5. The summed E-state index contributed by atoms with van der Waals surface area (Å²) < 4.78 is 0. The standard InChI is InChI=1S/C11H12N2.C2H6/c1-8-4-3-5-11-10(6-8)7-12-9(2)13-11;1-2/h3-8H,1-2H3;1-2H3.